The van der Waals surface area contributed by atoms with Gasteiger partial charge in [0.25, 0.3) is 23.3 Å². The van der Waals surface area contributed by atoms with Crippen LogP contribution in [0.5, 0.6) is 0 Å². The van der Waals surface area contributed by atoms with Crippen LogP contribution in [-0.2, 0) is 32.4 Å². The predicted molar refractivity (Wildman–Crippen MR) is 381 cm³/mol. The van der Waals surface area contributed by atoms with E-state index in [1.54, 1.807) is 22.0 Å². The Morgan fingerprint density at radius 3 is 1.47 bits per heavy atom. The van der Waals surface area contributed by atoms with Crippen LogP contribution in [0.4, 0.5) is 60.6 Å². The van der Waals surface area contributed by atoms with Crippen LogP contribution in [0, 0.1) is 47.8 Å². The Morgan fingerprint density at radius 1 is 0.648 bits per heavy atom. The monoisotopic (exact) mass is 1330 g/mol. The molecule has 91 heavy (non-hydrogen) atoms. The number of hydrogen-bond acceptors (Lipinski definition) is 19. The lowest BCUT2D eigenvalue weighted by Gasteiger charge is -2.18. The number of H-pyrrole nitrogens is 1. The summed E-state index contributed by atoms with van der Waals surface area (Å²) in [7, 11) is 0. The van der Waals surface area contributed by atoms with Gasteiger partial charge in [-0.25, -0.2) is 19.5 Å². The number of thiocyanates is 1. The number of anilines is 3. The van der Waals surface area contributed by atoms with Gasteiger partial charge in [0.05, 0.1) is 28.7 Å². The Hall–Kier alpha value is -7.70. The number of alkyl halides is 1. The van der Waals surface area contributed by atoms with Gasteiger partial charge in [0.2, 0.25) is 0 Å². The highest BCUT2D eigenvalue weighted by Crippen LogP contribution is 2.43. The number of nitriles is 1. The molecule has 0 spiro atoms. The zero-order valence-electron chi connectivity index (χ0n) is 56.9. The summed E-state index contributed by atoms with van der Waals surface area (Å²) in [5, 5.41) is 33.9. The molecule has 0 aliphatic rings. The highest BCUT2D eigenvalue weighted by atomic mass is 35.5. The minimum atomic E-state index is -0.302. The number of carbonyl (C=O) groups excluding carboxylic acids is 2. The van der Waals surface area contributed by atoms with E-state index >= 15 is 0 Å². The fraction of sp³-hybridized carbons (Fsp3) is 0.538. The third-order valence-corrected chi connectivity index (χ3v) is 16.7. The summed E-state index contributed by atoms with van der Waals surface area (Å²) < 4.78 is 1.63. The number of nitrogens with zero attached hydrogens (tertiary/aromatic N) is 18. The molecule has 26 heteroatoms. The highest BCUT2D eigenvalue weighted by molar-refractivity contribution is 8.04. The van der Waals surface area contributed by atoms with Crippen molar-refractivity contribution in [2.75, 3.05) is 65.6 Å². The number of aromatic amines is 1. The lowest BCUT2D eigenvalue weighted by atomic mass is 9.92. The summed E-state index contributed by atoms with van der Waals surface area (Å²) >= 11 is 11.0. The third-order valence-electron chi connectivity index (χ3n) is 13.0. The zero-order valence-corrected chi connectivity index (χ0v) is 60.9. The van der Waals surface area contributed by atoms with Gasteiger partial charge in [-0.2, -0.15) is 5.26 Å². The van der Waals surface area contributed by atoms with Crippen LogP contribution in [0.2, 0.25) is 0 Å². The fourth-order valence-electron chi connectivity index (χ4n) is 7.24. The summed E-state index contributed by atoms with van der Waals surface area (Å²) in [6.07, 6.45) is 1.77. The van der Waals surface area contributed by atoms with Gasteiger partial charge in [-0.15, -0.1) is 33.2 Å². The normalized spacial score (nSPS) is 11.4. The van der Waals surface area contributed by atoms with Crippen LogP contribution in [0.15, 0.2) is 56.7 Å². The van der Waals surface area contributed by atoms with Crippen molar-refractivity contribution in [3.05, 3.63) is 110 Å². The Bertz CT molecular complexity index is 3570. The molecule has 1 aromatic carbocycles. The van der Waals surface area contributed by atoms with Crippen LogP contribution in [0.25, 0.3) is 25.5 Å². The second-order valence-corrected chi connectivity index (χ2v) is 28.9. The van der Waals surface area contributed by atoms with Crippen molar-refractivity contribution in [3.63, 3.8) is 0 Å². The summed E-state index contributed by atoms with van der Waals surface area (Å²) in [6.45, 7) is 81.7. The molecule has 0 aliphatic heterocycles. The molecule has 5 heterocycles. The van der Waals surface area contributed by atoms with Crippen LogP contribution in [0.3, 0.4) is 0 Å². The molecular formula is C65H90ClN19O2S4. The molecule has 0 saturated carbocycles. The first-order valence-corrected chi connectivity index (χ1v) is 33.7. The van der Waals surface area contributed by atoms with E-state index in [0.717, 1.165) is 88.9 Å². The van der Waals surface area contributed by atoms with Crippen molar-refractivity contribution < 1.29 is 9.59 Å². The number of halogens is 1. The maximum absolute atomic E-state index is 11.1. The largest absolute Gasteiger partial charge is 0.417 e. The Labute approximate surface area is 561 Å². The molecule has 0 unspecified atom stereocenters. The summed E-state index contributed by atoms with van der Waals surface area (Å²) in [6, 6.07) is 7.83. The second kappa shape index (κ2) is 36.4. The number of thiazole rings is 3. The SMILES string of the molecule is CC(C)(C)C(=O)CCl.CC(C)(C)C(=O)CSC#N.CCN(CC)c1nc(C(C)(C)C)cs1.[C-]#[N+]c1nc(N=Nc2sc(N(CC)CC)nc2C(C)(C)C)[nH]c1[N+]#[C-].[C-]#[N+]c1nc(N=Nc2sc(N(CC)CC)nc2C(C)(C)C)n(Cc2ccc(C=C)cc2)c1[N+]#[C-]. The maximum atomic E-state index is 11.1. The minimum absolute atomic E-state index is 0.00753. The molecule has 0 bridgehead atoms. The molecule has 0 amide bonds. The number of imidazole rings is 2. The van der Waals surface area contributed by atoms with E-state index in [1.807, 2.05) is 71.2 Å². The third kappa shape index (κ3) is 24.5. The number of aromatic nitrogens is 7. The molecule has 0 radical (unpaired) electrons. The first kappa shape index (κ1) is 79.4. The molecule has 0 saturated heterocycles. The van der Waals surface area contributed by atoms with Gasteiger partial charge in [0.15, 0.2) is 31.2 Å². The number of carbonyl (C=O) groups is 2. The topological polar surface area (TPSA) is 220 Å². The van der Waals surface area contributed by atoms with Crippen molar-refractivity contribution in [2.24, 2.45) is 31.3 Å². The van der Waals surface area contributed by atoms with Crippen molar-refractivity contribution >= 4 is 136 Å². The van der Waals surface area contributed by atoms with E-state index < -0.39 is 0 Å². The quantitative estimate of drug-likeness (QED) is 0.0346. The van der Waals surface area contributed by atoms with E-state index in [0.29, 0.717) is 22.3 Å². The summed E-state index contributed by atoms with van der Waals surface area (Å²) in [5.41, 5.74) is 4.09. The molecule has 0 aliphatic carbocycles. The second-order valence-electron chi connectivity index (χ2n) is 25.1. The van der Waals surface area contributed by atoms with E-state index in [2.05, 4.69) is 190 Å². The average Bonchev–Trinajstić information content (AvgIpc) is 1.88. The molecule has 0 fully saturated rings. The van der Waals surface area contributed by atoms with E-state index in [1.165, 1.54) is 28.4 Å². The smallest absolute Gasteiger partial charge is 0.373 e. The van der Waals surface area contributed by atoms with E-state index in [4.69, 9.17) is 53.1 Å². The number of thioether (sulfide) groups is 1. The molecule has 1 N–H and O–H groups in total. The number of rotatable bonds is 19. The molecular weight excluding hydrogens is 1240 g/mol. The van der Waals surface area contributed by atoms with Gasteiger partial charge < -0.3 is 34.1 Å². The van der Waals surface area contributed by atoms with Gasteiger partial charge in [0.1, 0.15) is 17.7 Å². The first-order valence-electron chi connectivity index (χ1n) is 29.7. The van der Waals surface area contributed by atoms with Crippen LogP contribution in [-0.4, -0.2) is 96.9 Å². The lowest BCUT2D eigenvalue weighted by Crippen LogP contribution is -2.22. The van der Waals surface area contributed by atoms with E-state index in [-0.39, 0.29) is 79.7 Å². The maximum Gasteiger partial charge on any atom is 0.417 e. The number of benzene rings is 1. The number of hydrogen-bond donors (Lipinski definition) is 1. The van der Waals surface area contributed by atoms with Crippen molar-refractivity contribution in [1.82, 2.24) is 34.5 Å². The fourth-order valence-corrected chi connectivity index (χ4v) is 11.9. The van der Waals surface area contributed by atoms with Crippen molar-refractivity contribution in [3.8, 4) is 5.40 Å². The Kier molecular flexibility index (Phi) is 31.7. The van der Waals surface area contributed by atoms with Crippen LogP contribution >= 0.6 is 57.4 Å². The molecule has 6 aromatic rings. The highest BCUT2D eigenvalue weighted by Gasteiger charge is 2.29. The van der Waals surface area contributed by atoms with Crippen molar-refractivity contribution in [2.45, 2.75) is 168 Å². The van der Waals surface area contributed by atoms with Gasteiger partial charge in [-0.3, -0.25) is 14.6 Å². The van der Waals surface area contributed by atoms with Gasteiger partial charge >= 0.3 is 11.9 Å². The number of nitrogens with one attached hydrogen (secondary N) is 1. The van der Waals surface area contributed by atoms with Crippen LogP contribution in [0.1, 0.15) is 174 Å². The lowest BCUT2D eigenvalue weighted by molar-refractivity contribution is -0.124. The molecule has 5 aromatic heterocycles. The summed E-state index contributed by atoms with van der Waals surface area (Å²) in [5.74, 6) is 1.29. The number of ketones is 2. The molecule has 488 valence electrons. The average molecular weight is 1330 g/mol. The van der Waals surface area contributed by atoms with Gasteiger partial charge in [0, 0.05) is 71.7 Å². The zero-order chi connectivity index (χ0) is 69.2. The standard InChI is InChI=1S/C25H28N8S.C16H20N8S.C11H20N2S.C7H11NOS.C6H11ClO/c1-9-17-12-14-18(15-13-17)16-33-21(27-8)20(26-7)29-23(33)31-30-22-19(25(4,5)6)28-24(34-22)32(10-2)11-3;1-8-24(9-2)15-19-10(16(3,4)5)13(25-15)22-23-14-20-11(17-6)12(18-7)21-14;1-6-13(7-2)10-12-9(8-14-10)11(3,4)5;1-7(2,3)6(9)4-10-5-8;1-6(2,3)5(8)4-7/h9,12-15H,1,10-11,16H2,2-6H3;8-9H2,1-5H3,(H,20,21);8H,6-7H2,1-5H3;4H2,1-3H3;4H2,1-3H3. The predicted octanol–water partition coefficient (Wildman–Crippen LogP) is 20.2. The number of Topliss-reactive ketones (excluding diaryl/α,β-unsaturated/α-hetero) is 2. The van der Waals surface area contributed by atoms with Gasteiger partial charge in [-0.05, 0) is 64.4 Å². The Morgan fingerprint density at radius 2 is 1.12 bits per heavy atom. The minimum Gasteiger partial charge on any atom is -0.373 e. The first-order chi connectivity index (χ1) is 42.5. The Balaban J connectivity index is 0.000000430. The molecule has 21 nitrogen and oxygen atoms in total. The number of azo groups is 2. The van der Waals surface area contributed by atoms with Crippen molar-refractivity contribution in [1.29, 1.82) is 5.26 Å². The molecule has 6 rings (SSSR count). The molecule has 0 atom stereocenters. The summed E-state index contributed by atoms with van der Waals surface area (Å²) in [4.78, 5) is 67.0. The van der Waals surface area contributed by atoms with Gasteiger partial charge in [-0.1, -0.05) is 210 Å². The van der Waals surface area contributed by atoms with E-state index in [9.17, 15) is 9.59 Å². The van der Waals surface area contributed by atoms with Crippen LogP contribution < -0.4 is 14.7 Å².